The van der Waals surface area contributed by atoms with Crippen LogP contribution in [0.5, 0.6) is 0 Å². The first-order chi connectivity index (χ1) is 14.3. The minimum atomic E-state index is 0.810. The maximum Gasteiger partial charge on any atom is 0.0909 e. The van der Waals surface area contributed by atoms with Crippen molar-refractivity contribution in [3.63, 3.8) is 0 Å². The molecule has 5 heteroatoms. The molecule has 0 saturated heterocycles. The normalized spacial score (nSPS) is 11.8. The van der Waals surface area contributed by atoms with E-state index in [1.165, 1.54) is 27.4 Å². The predicted molar refractivity (Wildman–Crippen MR) is 116 cm³/mol. The van der Waals surface area contributed by atoms with Gasteiger partial charge in [-0.1, -0.05) is 36.4 Å². The summed E-state index contributed by atoms with van der Waals surface area (Å²) in [5, 5.41) is 15.6. The second-order valence-electron chi connectivity index (χ2n) is 7.47. The van der Waals surface area contributed by atoms with Crippen molar-refractivity contribution < 1.29 is 0 Å². The first kappa shape index (κ1) is 16.1. The minimum Gasteiger partial charge on any atom is -0.343 e. The lowest BCUT2D eigenvalue weighted by Crippen LogP contribution is -2.00. The number of rotatable bonds is 3. The van der Waals surface area contributed by atoms with E-state index in [0.717, 1.165) is 28.7 Å². The number of nitrogens with one attached hydrogen (secondary N) is 1. The number of para-hydroxylation sites is 1. The van der Waals surface area contributed by atoms with E-state index in [1.807, 2.05) is 23.1 Å². The van der Waals surface area contributed by atoms with E-state index >= 15 is 0 Å². The molecule has 6 aromatic rings. The summed E-state index contributed by atoms with van der Waals surface area (Å²) < 4.78 is 4.31. The highest BCUT2D eigenvalue weighted by Gasteiger charge is 2.13. The summed E-state index contributed by atoms with van der Waals surface area (Å²) in [4.78, 5) is 0. The highest BCUT2D eigenvalue weighted by Crippen LogP contribution is 2.27. The first-order valence-electron chi connectivity index (χ1n) is 9.72. The van der Waals surface area contributed by atoms with Crippen molar-refractivity contribution in [2.45, 2.75) is 13.5 Å². The average molecular weight is 377 g/mol. The van der Waals surface area contributed by atoms with Crippen LogP contribution in [0, 0.1) is 6.92 Å². The van der Waals surface area contributed by atoms with Crippen molar-refractivity contribution in [3.05, 3.63) is 90.4 Å². The molecule has 0 aliphatic rings. The number of benzene rings is 3. The van der Waals surface area contributed by atoms with E-state index in [2.05, 4.69) is 82.5 Å². The minimum absolute atomic E-state index is 0.810. The van der Waals surface area contributed by atoms with Gasteiger partial charge in [0.25, 0.3) is 0 Å². The predicted octanol–water partition coefficient (Wildman–Crippen LogP) is 5.21. The van der Waals surface area contributed by atoms with Gasteiger partial charge in [0.05, 0.1) is 29.1 Å². The molecular formula is C24H19N5. The van der Waals surface area contributed by atoms with Gasteiger partial charge in [-0.3, -0.25) is 5.10 Å². The van der Waals surface area contributed by atoms with Gasteiger partial charge in [0.1, 0.15) is 0 Å². The molecule has 0 aliphatic carbocycles. The molecule has 3 heterocycles. The fourth-order valence-corrected chi connectivity index (χ4v) is 4.27. The third kappa shape index (κ3) is 2.41. The first-order valence-corrected chi connectivity index (χ1v) is 9.72. The Morgan fingerprint density at radius 3 is 2.69 bits per heavy atom. The van der Waals surface area contributed by atoms with Gasteiger partial charge < -0.3 is 4.57 Å². The van der Waals surface area contributed by atoms with E-state index in [-0.39, 0.29) is 0 Å². The van der Waals surface area contributed by atoms with Crippen molar-refractivity contribution in [3.8, 4) is 5.69 Å². The van der Waals surface area contributed by atoms with Crippen LogP contribution in [0.4, 0.5) is 0 Å². The van der Waals surface area contributed by atoms with Crippen LogP contribution in [-0.4, -0.2) is 24.5 Å². The smallest absolute Gasteiger partial charge is 0.0909 e. The molecule has 0 spiro atoms. The molecular weight excluding hydrogens is 358 g/mol. The molecule has 1 N–H and O–H groups in total. The van der Waals surface area contributed by atoms with Gasteiger partial charge in [0, 0.05) is 34.4 Å². The lowest BCUT2D eigenvalue weighted by molar-refractivity contribution is 0.843. The van der Waals surface area contributed by atoms with Gasteiger partial charge in [-0.2, -0.15) is 10.2 Å². The Kier molecular flexibility index (Phi) is 3.38. The Morgan fingerprint density at radius 1 is 0.862 bits per heavy atom. The molecule has 0 saturated carbocycles. The van der Waals surface area contributed by atoms with Gasteiger partial charge in [-0.05, 0) is 42.3 Å². The largest absolute Gasteiger partial charge is 0.343 e. The molecule has 0 aliphatic heterocycles. The molecule has 0 bridgehead atoms. The Bertz CT molecular complexity index is 1500. The van der Waals surface area contributed by atoms with E-state index in [4.69, 9.17) is 5.10 Å². The number of H-pyrrole nitrogens is 1. The summed E-state index contributed by atoms with van der Waals surface area (Å²) in [5.41, 5.74) is 6.92. The second-order valence-corrected chi connectivity index (χ2v) is 7.47. The molecule has 0 radical (unpaired) electrons. The van der Waals surface area contributed by atoms with Crippen molar-refractivity contribution in [2.75, 3.05) is 0 Å². The van der Waals surface area contributed by atoms with Gasteiger partial charge in [-0.15, -0.1) is 0 Å². The van der Waals surface area contributed by atoms with E-state index in [0.29, 0.717) is 0 Å². The van der Waals surface area contributed by atoms with Crippen molar-refractivity contribution in [2.24, 2.45) is 0 Å². The van der Waals surface area contributed by atoms with Crippen LogP contribution in [0.15, 0.2) is 79.3 Å². The average Bonchev–Trinajstić information content (AvgIpc) is 3.47. The molecule has 5 nitrogen and oxygen atoms in total. The van der Waals surface area contributed by atoms with Gasteiger partial charge in [0.15, 0.2) is 0 Å². The molecule has 3 aromatic carbocycles. The van der Waals surface area contributed by atoms with Crippen LogP contribution in [0.25, 0.3) is 38.4 Å². The van der Waals surface area contributed by atoms with Gasteiger partial charge in [-0.25, -0.2) is 4.68 Å². The van der Waals surface area contributed by atoms with Gasteiger partial charge >= 0.3 is 0 Å². The standard InChI is InChI=1S/C24H19N5/c1-16-5-2-8-21-19(16)11-12-28(21)15-18-7-4-9-22-20(18)14-26-29(22)23-10-3-6-17-13-25-27-24(17)23/h2-14H,15H2,1H3,(H,25,27). The summed E-state index contributed by atoms with van der Waals surface area (Å²) >= 11 is 0. The number of aryl methyl sites for hydroxylation is 1. The molecule has 0 amide bonds. The Balaban J connectivity index is 1.49. The van der Waals surface area contributed by atoms with Crippen LogP contribution >= 0.6 is 0 Å². The number of aromatic nitrogens is 5. The maximum atomic E-state index is 4.72. The zero-order valence-electron chi connectivity index (χ0n) is 16.0. The fraction of sp³-hybridized carbons (Fsp3) is 0.0833. The molecule has 29 heavy (non-hydrogen) atoms. The summed E-state index contributed by atoms with van der Waals surface area (Å²) in [7, 11) is 0. The SMILES string of the molecule is Cc1cccc2c1ccn2Cc1cccc2c1cnn2-c1cccc2cn[nH]c12. The zero-order valence-corrected chi connectivity index (χ0v) is 16.0. The fourth-order valence-electron chi connectivity index (χ4n) is 4.27. The lowest BCUT2D eigenvalue weighted by Gasteiger charge is -2.09. The quantitative estimate of drug-likeness (QED) is 0.460. The monoisotopic (exact) mass is 377 g/mol. The van der Waals surface area contributed by atoms with Crippen LogP contribution in [-0.2, 0) is 6.54 Å². The third-order valence-electron chi connectivity index (χ3n) is 5.76. The second kappa shape index (κ2) is 6.07. The van der Waals surface area contributed by atoms with Crippen molar-refractivity contribution >= 4 is 32.7 Å². The Labute approximate surface area is 167 Å². The third-order valence-corrected chi connectivity index (χ3v) is 5.76. The van der Waals surface area contributed by atoms with Crippen LogP contribution in [0.2, 0.25) is 0 Å². The van der Waals surface area contributed by atoms with Crippen LogP contribution < -0.4 is 0 Å². The summed E-state index contributed by atoms with van der Waals surface area (Å²) in [6.45, 7) is 2.97. The molecule has 0 fully saturated rings. The van der Waals surface area contributed by atoms with Crippen LogP contribution in [0.1, 0.15) is 11.1 Å². The topological polar surface area (TPSA) is 51.4 Å². The van der Waals surface area contributed by atoms with Crippen molar-refractivity contribution in [1.82, 2.24) is 24.5 Å². The number of nitrogens with zero attached hydrogens (tertiary/aromatic N) is 4. The lowest BCUT2D eigenvalue weighted by atomic mass is 10.1. The molecule has 0 unspecified atom stereocenters. The summed E-state index contributed by atoms with van der Waals surface area (Å²) in [6, 6.07) is 21.3. The molecule has 6 rings (SSSR count). The Hall–Kier alpha value is -3.86. The zero-order chi connectivity index (χ0) is 19.4. The van der Waals surface area contributed by atoms with Crippen LogP contribution in [0.3, 0.4) is 0 Å². The molecule has 3 aromatic heterocycles. The van der Waals surface area contributed by atoms with E-state index in [9.17, 15) is 0 Å². The Morgan fingerprint density at radius 2 is 1.72 bits per heavy atom. The highest BCUT2D eigenvalue weighted by atomic mass is 15.3. The number of hydrogen-bond acceptors (Lipinski definition) is 2. The number of aromatic amines is 1. The summed E-state index contributed by atoms with van der Waals surface area (Å²) in [5.74, 6) is 0. The van der Waals surface area contributed by atoms with Gasteiger partial charge in [0.2, 0.25) is 0 Å². The summed E-state index contributed by atoms with van der Waals surface area (Å²) in [6.07, 6.45) is 5.98. The number of fused-ring (bicyclic) bond motifs is 3. The van der Waals surface area contributed by atoms with Crippen molar-refractivity contribution in [1.29, 1.82) is 0 Å². The van der Waals surface area contributed by atoms with E-state index < -0.39 is 0 Å². The number of hydrogen-bond donors (Lipinski definition) is 1. The highest BCUT2D eigenvalue weighted by molar-refractivity contribution is 5.90. The maximum absolute atomic E-state index is 4.72. The molecule has 140 valence electrons. The van der Waals surface area contributed by atoms with E-state index in [1.54, 1.807) is 0 Å². The molecule has 0 atom stereocenters.